The van der Waals surface area contributed by atoms with Crippen molar-refractivity contribution < 1.29 is 46.4 Å². The average molecular weight is 593 g/mol. The minimum Gasteiger partial charge on any atom is -0.493 e. The summed E-state index contributed by atoms with van der Waals surface area (Å²) < 4.78 is 76.0. The van der Waals surface area contributed by atoms with Crippen LogP contribution in [0.3, 0.4) is 0 Å². The highest BCUT2D eigenvalue weighted by molar-refractivity contribution is 7.07. The Labute approximate surface area is 234 Å². The lowest BCUT2D eigenvalue weighted by atomic mass is 9.95. The van der Waals surface area contributed by atoms with E-state index in [1.54, 1.807) is 12.1 Å². The number of carbonyl (C=O) groups excluding carboxylic acids is 1. The SMILES string of the molecule is CCOC(=O)C1=C(C(F)(F)F)N=c2sc(=Cc3cc(OC)c(OC)c(OC)c3)c(=O)n2C1c1ccc2c(c1)OCO2. The summed E-state index contributed by atoms with van der Waals surface area (Å²) in [6.07, 6.45) is -3.56. The first-order valence-corrected chi connectivity index (χ1v) is 12.9. The molecule has 1 unspecified atom stereocenters. The number of allylic oxidation sites excluding steroid dienone is 1. The Morgan fingerprint density at radius 2 is 1.78 bits per heavy atom. The van der Waals surface area contributed by atoms with Gasteiger partial charge in [-0.25, -0.2) is 9.79 Å². The van der Waals surface area contributed by atoms with E-state index in [1.165, 1.54) is 52.5 Å². The third-order valence-corrected chi connectivity index (χ3v) is 7.28. The van der Waals surface area contributed by atoms with Crippen LogP contribution in [0.15, 0.2) is 51.4 Å². The number of fused-ring (bicyclic) bond motifs is 2. The number of alkyl halides is 3. The Kier molecular flexibility index (Phi) is 7.43. The van der Waals surface area contributed by atoms with Crippen molar-refractivity contribution in [1.29, 1.82) is 0 Å². The van der Waals surface area contributed by atoms with Crippen LogP contribution in [0.5, 0.6) is 28.7 Å². The van der Waals surface area contributed by atoms with Crippen LogP contribution in [0.2, 0.25) is 0 Å². The van der Waals surface area contributed by atoms with Crippen LogP contribution in [0.25, 0.3) is 6.08 Å². The highest BCUT2D eigenvalue weighted by atomic mass is 32.1. The number of aromatic nitrogens is 1. The molecule has 3 heterocycles. The van der Waals surface area contributed by atoms with E-state index in [9.17, 15) is 22.8 Å². The first kappa shape index (κ1) is 28.1. The Morgan fingerprint density at radius 1 is 1.10 bits per heavy atom. The number of ether oxygens (including phenoxy) is 6. The Balaban J connectivity index is 1.79. The van der Waals surface area contributed by atoms with E-state index in [0.29, 0.717) is 28.6 Å². The van der Waals surface area contributed by atoms with E-state index < -0.39 is 35.0 Å². The highest BCUT2D eigenvalue weighted by Crippen LogP contribution is 2.42. The van der Waals surface area contributed by atoms with Gasteiger partial charge in [-0.05, 0) is 48.4 Å². The summed E-state index contributed by atoms with van der Waals surface area (Å²) in [6.45, 7) is 1.20. The van der Waals surface area contributed by atoms with Gasteiger partial charge in [0.15, 0.2) is 33.5 Å². The van der Waals surface area contributed by atoms with Crippen LogP contribution in [-0.2, 0) is 9.53 Å². The van der Waals surface area contributed by atoms with Gasteiger partial charge in [0.1, 0.15) is 0 Å². The van der Waals surface area contributed by atoms with Gasteiger partial charge in [0, 0.05) is 0 Å². The minimum absolute atomic E-state index is 0.0513. The van der Waals surface area contributed by atoms with Gasteiger partial charge >= 0.3 is 12.1 Å². The summed E-state index contributed by atoms with van der Waals surface area (Å²) in [4.78, 5) is 30.4. The number of carbonyl (C=O) groups is 1. The Bertz CT molecular complexity index is 1720. The monoisotopic (exact) mass is 592 g/mol. The van der Waals surface area contributed by atoms with Gasteiger partial charge in [-0.3, -0.25) is 9.36 Å². The second-order valence-electron chi connectivity index (χ2n) is 8.63. The molecule has 2 aliphatic heterocycles. The molecule has 0 N–H and O–H groups in total. The smallest absolute Gasteiger partial charge is 0.434 e. The van der Waals surface area contributed by atoms with Crippen molar-refractivity contribution in [2.24, 2.45) is 4.99 Å². The van der Waals surface area contributed by atoms with Crippen LogP contribution >= 0.6 is 11.3 Å². The predicted molar refractivity (Wildman–Crippen MR) is 139 cm³/mol. The molecule has 0 amide bonds. The van der Waals surface area contributed by atoms with Crippen molar-refractivity contribution in [3.8, 4) is 28.7 Å². The Morgan fingerprint density at radius 3 is 2.39 bits per heavy atom. The summed E-state index contributed by atoms with van der Waals surface area (Å²) >= 11 is 0.738. The normalized spacial score (nSPS) is 16.3. The third-order valence-electron chi connectivity index (χ3n) is 6.29. The standard InChI is InChI=1S/C27H23F3N2O8S/c1-5-38-25(34)20-21(14-6-7-15-16(11-14)40-12-39-15)32-24(33)19(41-26(32)31-23(20)27(28,29)30)10-13-8-17(35-2)22(37-4)18(9-13)36-3/h6-11,21H,5,12H2,1-4H3. The fourth-order valence-electron chi connectivity index (χ4n) is 4.58. The first-order valence-electron chi connectivity index (χ1n) is 12.1. The average Bonchev–Trinajstić information content (AvgIpc) is 3.54. The van der Waals surface area contributed by atoms with Gasteiger partial charge in [-0.1, -0.05) is 17.4 Å². The Hall–Kier alpha value is -4.46. The number of nitrogens with zero attached hydrogens (tertiary/aromatic N) is 2. The molecule has 0 saturated carbocycles. The van der Waals surface area contributed by atoms with Crippen LogP contribution < -0.4 is 38.6 Å². The second-order valence-corrected chi connectivity index (χ2v) is 9.64. The molecule has 0 aliphatic carbocycles. The van der Waals surface area contributed by atoms with Crippen molar-refractivity contribution in [1.82, 2.24) is 4.57 Å². The van der Waals surface area contributed by atoms with Crippen LogP contribution in [0.4, 0.5) is 13.2 Å². The maximum atomic E-state index is 14.4. The fourth-order valence-corrected chi connectivity index (χ4v) is 5.58. The lowest BCUT2D eigenvalue weighted by molar-refractivity contribution is -0.140. The van der Waals surface area contributed by atoms with E-state index in [0.717, 1.165) is 15.9 Å². The molecule has 2 aliphatic rings. The molecule has 1 atom stereocenters. The van der Waals surface area contributed by atoms with Gasteiger partial charge < -0.3 is 28.4 Å². The zero-order chi connectivity index (χ0) is 29.5. The minimum atomic E-state index is -5.03. The van der Waals surface area contributed by atoms with Crippen molar-refractivity contribution in [3.63, 3.8) is 0 Å². The van der Waals surface area contributed by atoms with E-state index in [4.69, 9.17) is 28.4 Å². The van der Waals surface area contributed by atoms with Crippen LogP contribution in [0, 0.1) is 0 Å². The zero-order valence-corrected chi connectivity index (χ0v) is 23.0. The quantitative estimate of drug-likeness (QED) is 0.386. The van der Waals surface area contributed by atoms with Crippen molar-refractivity contribution >= 4 is 23.4 Å². The maximum Gasteiger partial charge on any atom is 0.434 e. The summed E-state index contributed by atoms with van der Waals surface area (Å²) in [5.41, 5.74) is -2.31. The van der Waals surface area contributed by atoms with Gasteiger partial charge in [0.2, 0.25) is 12.5 Å². The highest BCUT2D eigenvalue weighted by Gasteiger charge is 2.45. The molecule has 14 heteroatoms. The van der Waals surface area contributed by atoms with Crippen molar-refractivity contribution in [3.05, 3.63) is 72.4 Å². The molecular formula is C27H23F3N2O8S. The number of benzene rings is 2. The molecule has 3 aromatic rings. The molecule has 5 rings (SSSR count). The van der Waals surface area contributed by atoms with Gasteiger partial charge in [-0.2, -0.15) is 13.2 Å². The summed E-state index contributed by atoms with van der Waals surface area (Å²) in [6, 6.07) is 6.05. The number of halogens is 3. The first-order chi connectivity index (χ1) is 19.6. The third kappa shape index (κ3) is 4.99. The molecule has 0 bridgehead atoms. The van der Waals surface area contributed by atoms with E-state index >= 15 is 0 Å². The lowest BCUT2D eigenvalue weighted by Gasteiger charge is -2.26. The molecule has 0 radical (unpaired) electrons. The van der Waals surface area contributed by atoms with Crippen LogP contribution in [0.1, 0.15) is 24.1 Å². The van der Waals surface area contributed by atoms with E-state index in [-0.39, 0.29) is 34.0 Å². The number of hydrogen-bond acceptors (Lipinski definition) is 10. The summed E-state index contributed by atoms with van der Waals surface area (Å²) in [5, 5.41) is 0. The summed E-state index contributed by atoms with van der Waals surface area (Å²) in [7, 11) is 4.29. The topological polar surface area (TPSA) is 107 Å². The largest absolute Gasteiger partial charge is 0.493 e. The fraction of sp³-hybridized carbons (Fsp3) is 0.296. The van der Waals surface area contributed by atoms with Crippen molar-refractivity contribution in [2.75, 3.05) is 34.7 Å². The molecule has 2 aromatic carbocycles. The molecular weight excluding hydrogens is 569 g/mol. The number of esters is 1. The zero-order valence-electron chi connectivity index (χ0n) is 22.2. The van der Waals surface area contributed by atoms with Gasteiger partial charge in [-0.15, -0.1) is 0 Å². The second kappa shape index (κ2) is 10.8. The summed E-state index contributed by atoms with van der Waals surface area (Å²) in [5.74, 6) is 0.341. The van der Waals surface area contributed by atoms with Gasteiger partial charge in [0.25, 0.3) is 5.56 Å². The number of rotatable bonds is 7. The van der Waals surface area contributed by atoms with E-state index in [2.05, 4.69) is 4.99 Å². The molecule has 0 fully saturated rings. The number of hydrogen-bond donors (Lipinski definition) is 0. The van der Waals surface area contributed by atoms with Gasteiger partial charge in [0.05, 0.1) is 44.1 Å². The molecule has 0 saturated heterocycles. The van der Waals surface area contributed by atoms with Crippen LogP contribution in [-0.4, -0.2) is 51.4 Å². The van der Waals surface area contributed by atoms with Crippen molar-refractivity contribution in [2.45, 2.75) is 19.1 Å². The molecule has 0 spiro atoms. The molecule has 1 aromatic heterocycles. The number of methoxy groups -OCH3 is 3. The number of thiazole rings is 1. The predicted octanol–water partition coefficient (Wildman–Crippen LogP) is 3.10. The maximum absolute atomic E-state index is 14.4. The lowest BCUT2D eigenvalue weighted by Crippen LogP contribution is -2.41. The van der Waals surface area contributed by atoms with E-state index in [1.807, 2.05) is 0 Å². The molecule has 216 valence electrons. The molecule has 10 nitrogen and oxygen atoms in total. The molecule has 41 heavy (non-hydrogen) atoms.